The number of nitrogens with zero attached hydrogens (tertiary/aromatic N) is 3. The molecule has 11 heteroatoms. The number of hydrogen-bond acceptors (Lipinski definition) is 8. The molecule has 78 valence electrons. The molecular formula is C3H3N3O8. The lowest BCUT2D eigenvalue weighted by Gasteiger charge is -2.06. The summed E-state index contributed by atoms with van der Waals surface area (Å²) < 4.78 is 3.68. The summed E-state index contributed by atoms with van der Waals surface area (Å²) in [6.45, 7) is -1.92. The highest BCUT2D eigenvalue weighted by Gasteiger charge is 2.71. The van der Waals surface area contributed by atoms with Crippen LogP contribution >= 0.6 is 0 Å². The molecule has 0 amide bonds. The lowest BCUT2D eigenvalue weighted by atomic mass is 10.4. The maximum atomic E-state index is 10.1. The SMILES string of the molecule is O=COCC([N+](=O)[O-])([N+](=O)[O-])[N+](=O)[O-]. The monoisotopic (exact) mass is 209 g/mol. The molecular weight excluding hydrogens is 206 g/mol. The third-order valence-electron chi connectivity index (χ3n) is 1.22. The molecule has 0 rings (SSSR count). The molecule has 0 radical (unpaired) electrons. The quantitative estimate of drug-likeness (QED) is 0.224. The van der Waals surface area contributed by atoms with Crippen molar-refractivity contribution in [2.24, 2.45) is 0 Å². The normalized spacial score (nSPS) is 10.3. The summed E-state index contributed by atoms with van der Waals surface area (Å²) >= 11 is 0. The predicted octanol–water partition coefficient (Wildman–Crippen LogP) is -1.36. The molecule has 0 aromatic carbocycles. The number of ether oxygens (including phenoxy) is 1. The van der Waals surface area contributed by atoms with Crippen LogP contribution < -0.4 is 0 Å². The van der Waals surface area contributed by atoms with E-state index in [1.54, 1.807) is 0 Å². The second-order valence-corrected chi connectivity index (χ2v) is 1.95. The number of carbonyl (C=O) groups excluding carboxylic acids is 1. The Balaban J connectivity index is 5.15. The van der Waals surface area contributed by atoms with E-state index in [-0.39, 0.29) is 6.47 Å². The van der Waals surface area contributed by atoms with Gasteiger partial charge in [-0.05, 0) is 0 Å². The predicted molar refractivity (Wildman–Crippen MR) is 35.7 cm³/mol. The van der Waals surface area contributed by atoms with Gasteiger partial charge in [-0.3, -0.25) is 35.1 Å². The van der Waals surface area contributed by atoms with Gasteiger partial charge in [-0.2, -0.15) is 0 Å². The Labute approximate surface area is 74.7 Å². The van der Waals surface area contributed by atoms with Crippen LogP contribution in [0, 0.1) is 30.3 Å². The van der Waals surface area contributed by atoms with E-state index in [1.807, 2.05) is 0 Å². The Kier molecular flexibility index (Phi) is 3.39. The van der Waals surface area contributed by atoms with E-state index in [0.717, 1.165) is 0 Å². The fraction of sp³-hybridized carbons (Fsp3) is 0.667. The second kappa shape index (κ2) is 4.06. The molecule has 0 saturated carbocycles. The van der Waals surface area contributed by atoms with Gasteiger partial charge in [0.05, 0.1) is 0 Å². The highest BCUT2D eigenvalue weighted by Crippen LogP contribution is 2.12. The van der Waals surface area contributed by atoms with E-state index >= 15 is 0 Å². The standard InChI is InChI=1S/C3H3N3O8/c7-2-14-1-3(4(8)9,5(10)11)6(12)13/h2H,1H2. The van der Waals surface area contributed by atoms with Crippen LogP contribution in [0.15, 0.2) is 0 Å². The molecule has 0 unspecified atom stereocenters. The van der Waals surface area contributed by atoms with Gasteiger partial charge in [0, 0.05) is 0 Å². The van der Waals surface area contributed by atoms with Crippen LogP contribution in [-0.4, -0.2) is 33.6 Å². The van der Waals surface area contributed by atoms with E-state index in [4.69, 9.17) is 0 Å². The number of nitro groups is 3. The second-order valence-electron chi connectivity index (χ2n) is 1.95. The Hall–Kier alpha value is -2.33. The Morgan fingerprint density at radius 1 is 1.07 bits per heavy atom. The molecule has 0 aliphatic carbocycles. The largest absolute Gasteiger partial charge is 0.734 e. The summed E-state index contributed by atoms with van der Waals surface area (Å²) in [5.74, 6) is -3.74. The zero-order valence-corrected chi connectivity index (χ0v) is 6.39. The van der Waals surface area contributed by atoms with Gasteiger partial charge in [0.25, 0.3) is 6.47 Å². The van der Waals surface area contributed by atoms with Gasteiger partial charge in [-0.1, -0.05) is 0 Å². The highest BCUT2D eigenvalue weighted by atomic mass is 16.7. The summed E-state index contributed by atoms with van der Waals surface area (Å²) in [5.41, 5.74) is 0. The average Bonchev–Trinajstić information content (AvgIpc) is 2.03. The van der Waals surface area contributed by atoms with Crippen molar-refractivity contribution in [1.29, 1.82) is 0 Å². The van der Waals surface area contributed by atoms with Crippen molar-refractivity contribution in [1.82, 2.24) is 0 Å². The van der Waals surface area contributed by atoms with Crippen molar-refractivity contribution >= 4 is 6.47 Å². The number of rotatable bonds is 6. The van der Waals surface area contributed by atoms with E-state index in [9.17, 15) is 35.1 Å². The molecule has 0 spiro atoms. The first-order valence-corrected chi connectivity index (χ1v) is 2.88. The van der Waals surface area contributed by atoms with Gasteiger partial charge in [0.15, 0.2) is 14.8 Å². The zero-order valence-electron chi connectivity index (χ0n) is 6.39. The van der Waals surface area contributed by atoms with Gasteiger partial charge >= 0.3 is 12.4 Å². The van der Waals surface area contributed by atoms with Crippen molar-refractivity contribution < 1.29 is 24.3 Å². The first-order valence-electron chi connectivity index (χ1n) is 2.88. The van der Waals surface area contributed by atoms with Crippen molar-refractivity contribution in [2.45, 2.75) is 5.79 Å². The van der Waals surface area contributed by atoms with Gasteiger partial charge in [0.2, 0.25) is 0 Å². The summed E-state index contributed by atoms with van der Waals surface area (Å²) in [6.07, 6.45) is 0. The van der Waals surface area contributed by atoms with E-state index in [2.05, 4.69) is 4.74 Å². The summed E-state index contributed by atoms with van der Waals surface area (Å²) in [7, 11) is 0. The Morgan fingerprint density at radius 3 is 1.64 bits per heavy atom. The molecule has 0 heterocycles. The minimum Gasteiger partial charge on any atom is -0.443 e. The first-order chi connectivity index (χ1) is 6.39. The van der Waals surface area contributed by atoms with E-state index < -0.39 is 27.2 Å². The summed E-state index contributed by atoms with van der Waals surface area (Å²) in [4.78, 5) is 34.8. The van der Waals surface area contributed by atoms with Crippen LogP contribution in [0.5, 0.6) is 0 Å². The molecule has 0 aromatic heterocycles. The van der Waals surface area contributed by atoms with Gasteiger partial charge in [0.1, 0.15) is 0 Å². The minimum atomic E-state index is -3.74. The van der Waals surface area contributed by atoms with E-state index in [0.29, 0.717) is 0 Å². The molecule has 0 aliphatic heterocycles. The van der Waals surface area contributed by atoms with Crippen LogP contribution in [0.1, 0.15) is 0 Å². The van der Waals surface area contributed by atoms with Crippen molar-refractivity contribution in [3.05, 3.63) is 30.3 Å². The smallest absolute Gasteiger partial charge is 0.443 e. The summed E-state index contributed by atoms with van der Waals surface area (Å²) in [6, 6.07) is 0. The van der Waals surface area contributed by atoms with Crippen molar-refractivity contribution in [2.75, 3.05) is 6.61 Å². The molecule has 0 saturated heterocycles. The minimum absolute atomic E-state index is 0.356. The molecule has 0 atom stereocenters. The van der Waals surface area contributed by atoms with Crippen LogP contribution in [0.2, 0.25) is 0 Å². The van der Waals surface area contributed by atoms with E-state index in [1.165, 1.54) is 0 Å². The molecule has 0 aliphatic rings. The first kappa shape index (κ1) is 11.7. The van der Waals surface area contributed by atoms with Crippen LogP contribution in [0.4, 0.5) is 0 Å². The molecule has 0 N–H and O–H groups in total. The topological polar surface area (TPSA) is 156 Å². The van der Waals surface area contributed by atoms with Crippen molar-refractivity contribution in [3.63, 3.8) is 0 Å². The lowest BCUT2D eigenvalue weighted by molar-refractivity contribution is -0.970. The van der Waals surface area contributed by atoms with Gasteiger partial charge in [-0.15, -0.1) is 0 Å². The van der Waals surface area contributed by atoms with Crippen LogP contribution in [-0.2, 0) is 9.53 Å². The Bertz CT molecular complexity index is 250. The molecule has 0 aromatic rings. The molecule has 14 heavy (non-hydrogen) atoms. The maximum Gasteiger partial charge on any atom is 0.734 e. The van der Waals surface area contributed by atoms with Crippen LogP contribution in [0.25, 0.3) is 0 Å². The molecule has 11 nitrogen and oxygen atoms in total. The third-order valence-corrected chi connectivity index (χ3v) is 1.22. The Morgan fingerprint density at radius 2 is 1.43 bits per heavy atom. The number of hydrogen-bond donors (Lipinski definition) is 0. The van der Waals surface area contributed by atoms with Gasteiger partial charge < -0.3 is 4.74 Å². The highest BCUT2D eigenvalue weighted by molar-refractivity contribution is 5.36. The average molecular weight is 209 g/mol. The maximum absolute atomic E-state index is 10.1. The lowest BCUT2D eigenvalue weighted by Crippen LogP contribution is -2.56. The fourth-order valence-corrected chi connectivity index (χ4v) is 0.504. The fourth-order valence-electron chi connectivity index (χ4n) is 0.504. The third kappa shape index (κ3) is 1.70. The van der Waals surface area contributed by atoms with Gasteiger partial charge in [-0.25, -0.2) is 0 Å². The zero-order chi connectivity index (χ0) is 11.4. The van der Waals surface area contributed by atoms with Crippen LogP contribution in [0.3, 0.4) is 0 Å². The molecule has 0 fully saturated rings. The van der Waals surface area contributed by atoms with Crippen molar-refractivity contribution in [3.8, 4) is 0 Å². The number of carbonyl (C=O) groups is 1. The molecule has 0 bridgehead atoms. The summed E-state index contributed by atoms with van der Waals surface area (Å²) in [5, 5.41) is 30.4.